The van der Waals surface area contributed by atoms with Crippen LogP contribution in [-0.4, -0.2) is 25.9 Å². The molecule has 0 aliphatic heterocycles. The number of ketones is 1. The van der Waals surface area contributed by atoms with Crippen LogP contribution in [0.4, 0.5) is 4.39 Å². The molecule has 0 aliphatic carbocycles. The number of ether oxygens (including phenoxy) is 2. The number of para-hydroxylation sites is 1. The summed E-state index contributed by atoms with van der Waals surface area (Å²) in [5.41, 5.74) is 0.293. The molecule has 1 unspecified atom stereocenters. The molecule has 3 aromatic rings. The van der Waals surface area contributed by atoms with Crippen molar-refractivity contribution in [2.45, 2.75) is 19.4 Å². The normalized spacial score (nSPS) is 12.5. The molecule has 1 amide bonds. The van der Waals surface area contributed by atoms with Crippen molar-refractivity contribution in [3.05, 3.63) is 94.8 Å². The molecule has 0 saturated heterocycles. The van der Waals surface area contributed by atoms with Crippen LogP contribution >= 0.6 is 0 Å². The summed E-state index contributed by atoms with van der Waals surface area (Å²) in [6.07, 6.45) is 0. The Hall–Kier alpha value is -3.67. The van der Waals surface area contributed by atoms with Crippen LogP contribution in [0.3, 0.4) is 0 Å². The Balaban J connectivity index is 2.10. The minimum absolute atomic E-state index is 0.305. The van der Waals surface area contributed by atoms with Crippen molar-refractivity contribution in [2.24, 2.45) is 0 Å². The molecule has 6 heteroatoms. The molecular weight excluding hydrogens is 397 g/mol. The molecule has 0 bridgehead atoms. The highest BCUT2D eigenvalue weighted by molar-refractivity contribution is 6.09. The summed E-state index contributed by atoms with van der Waals surface area (Å²) >= 11 is 0. The fraction of sp³-hybridized carbons (Fsp3) is 0.200. The average Bonchev–Trinajstić information content (AvgIpc) is 2.78. The van der Waals surface area contributed by atoms with Crippen molar-refractivity contribution in [1.29, 1.82) is 0 Å². The monoisotopic (exact) mass is 421 g/mol. The van der Waals surface area contributed by atoms with Gasteiger partial charge >= 0.3 is 0 Å². The lowest BCUT2D eigenvalue weighted by Crippen LogP contribution is -2.49. The molecule has 3 aromatic carbocycles. The number of hydrogen-bond acceptors (Lipinski definition) is 4. The molecule has 0 aliphatic rings. The van der Waals surface area contributed by atoms with Crippen molar-refractivity contribution in [3.63, 3.8) is 0 Å². The third-order valence-electron chi connectivity index (χ3n) is 5.34. The molecule has 1 N–H and O–H groups in total. The van der Waals surface area contributed by atoms with Crippen molar-refractivity contribution in [2.75, 3.05) is 14.2 Å². The molecule has 3 rings (SSSR count). The summed E-state index contributed by atoms with van der Waals surface area (Å²) in [4.78, 5) is 26.9. The summed E-state index contributed by atoms with van der Waals surface area (Å²) in [5.74, 6) is -0.331. The van der Waals surface area contributed by atoms with Crippen molar-refractivity contribution < 1.29 is 23.5 Å². The van der Waals surface area contributed by atoms with E-state index in [1.807, 2.05) is 0 Å². The molecule has 31 heavy (non-hydrogen) atoms. The first-order valence-electron chi connectivity index (χ1n) is 9.71. The third kappa shape index (κ3) is 4.28. The molecule has 0 fully saturated rings. The van der Waals surface area contributed by atoms with Gasteiger partial charge in [0.1, 0.15) is 22.9 Å². The van der Waals surface area contributed by atoms with E-state index in [1.54, 1.807) is 56.3 Å². The minimum atomic E-state index is -1.48. The number of carbonyl (C=O) groups is 2. The molecule has 0 spiro atoms. The molecule has 0 saturated carbocycles. The highest BCUT2D eigenvalue weighted by Crippen LogP contribution is 2.31. The predicted octanol–water partition coefficient (Wildman–Crippen LogP) is 4.68. The van der Waals surface area contributed by atoms with Gasteiger partial charge in [0, 0.05) is 11.1 Å². The SMILES string of the molecule is COc1ccccc1C(=O)C(C)(NC(=O)c1cccc(OC)c1C)c1ccc(F)cc1. The zero-order valence-electron chi connectivity index (χ0n) is 17.9. The Bertz CT molecular complexity index is 1110. The summed E-state index contributed by atoms with van der Waals surface area (Å²) in [6, 6.07) is 17.4. The summed E-state index contributed by atoms with van der Waals surface area (Å²) < 4.78 is 24.2. The zero-order valence-corrected chi connectivity index (χ0v) is 17.9. The minimum Gasteiger partial charge on any atom is -0.496 e. The van der Waals surface area contributed by atoms with E-state index in [2.05, 4.69) is 5.32 Å². The number of halogens is 1. The largest absolute Gasteiger partial charge is 0.496 e. The van der Waals surface area contributed by atoms with Crippen LogP contribution in [0.25, 0.3) is 0 Å². The molecule has 1 atom stereocenters. The molecule has 0 aromatic heterocycles. The van der Waals surface area contributed by atoms with E-state index in [9.17, 15) is 14.0 Å². The van der Waals surface area contributed by atoms with Gasteiger partial charge in [0.2, 0.25) is 0 Å². The van der Waals surface area contributed by atoms with Gasteiger partial charge in [0.05, 0.1) is 19.8 Å². The van der Waals surface area contributed by atoms with Crippen LogP contribution in [-0.2, 0) is 5.54 Å². The first-order valence-corrected chi connectivity index (χ1v) is 9.71. The average molecular weight is 421 g/mol. The molecular formula is C25H24FNO4. The number of benzene rings is 3. The lowest BCUT2D eigenvalue weighted by molar-refractivity contribution is 0.0777. The van der Waals surface area contributed by atoms with E-state index in [-0.39, 0.29) is 5.78 Å². The van der Waals surface area contributed by atoms with Gasteiger partial charge < -0.3 is 14.8 Å². The fourth-order valence-corrected chi connectivity index (χ4v) is 3.52. The molecule has 0 heterocycles. The molecule has 0 radical (unpaired) electrons. The predicted molar refractivity (Wildman–Crippen MR) is 116 cm³/mol. The first kappa shape index (κ1) is 22.0. The van der Waals surface area contributed by atoms with Crippen LogP contribution in [0.15, 0.2) is 66.7 Å². The summed E-state index contributed by atoms with van der Waals surface area (Å²) in [7, 11) is 3.00. The molecule has 5 nitrogen and oxygen atoms in total. The fourth-order valence-electron chi connectivity index (χ4n) is 3.52. The van der Waals surface area contributed by atoms with Gasteiger partial charge in [0.15, 0.2) is 5.78 Å². The van der Waals surface area contributed by atoms with Gasteiger partial charge in [-0.1, -0.05) is 30.3 Å². The standard InChI is InChI=1S/C25H24FNO4/c1-16-19(9-7-11-21(16)30-3)24(29)27-25(2,17-12-14-18(26)15-13-17)23(28)20-8-5-6-10-22(20)31-4/h5-15H,1-4H3,(H,27,29). The quantitative estimate of drug-likeness (QED) is 0.563. The van der Waals surface area contributed by atoms with Crippen molar-refractivity contribution in [1.82, 2.24) is 5.32 Å². The van der Waals surface area contributed by atoms with Crippen LogP contribution in [0.2, 0.25) is 0 Å². The highest BCUT2D eigenvalue weighted by Gasteiger charge is 2.39. The second-order valence-corrected chi connectivity index (χ2v) is 7.25. The third-order valence-corrected chi connectivity index (χ3v) is 5.34. The van der Waals surface area contributed by atoms with Crippen molar-refractivity contribution in [3.8, 4) is 11.5 Å². The lowest BCUT2D eigenvalue weighted by Gasteiger charge is -2.31. The number of hydrogen-bond donors (Lipinski definition) is 1. The lowest BCUT2D eigenvalue weighted by atomic mass is 9.83. The second-order valence-electron chi connectivity index (χ2n) is 7.25. The van der Waals surface area contributed by atoms with Crippen LogP contribution in [0.1, 0.15) is 38.8 Å². The number of methoxy groups -OCH3 is 2. The van der Waals surface area contributed by atoms with Gasteiger partial charge in [0.25, 0.3) is 5.91 Å². The maximum absolute atomic E-state index is 13.7. The van der Waals surface area contributed by atoms with Crippen LogP contribution in [0, 0.1) is 12.7 Å². The van der Waals surface area contributed by atoms with E-state index in [1.165, 1.54) is 38.5 Å². The topological polar surface area (TPSA) is 64.6 Å². The Morgan fingerprint density at radius 2 is 1.42 bits per heavy atom. The maximum Gasteiger partial charge on any atom is 0.252 e. The van der Waals surface area contributed by atoms with E-state index in [0.29, 0.717) is 33.8 Å². The molecule has 160 valence electrons. The highest BCUT2D eigenvalue weighted by atomic mass is 19.1. The van der Waals surface area contributed by atoms with E-state index in [0.717, 1.165) is 0 Å². The number of nitrogens with one attached hydrogen (secondary N) is 1. The zero-order chi connectivity index (χ0) is 22.6. The number of amides is 1. The van der Waals surface area contributed by atoms with Crippen LogP contribution in [0.5, 0.6) is 11.5 Å². The van der Waals surface area contributed by atoms with Gasteiger partial charge in [-0.15, -0.1) is 0 Å². The van der Waals surface area contributed by atoms with Crippen molar-refractivity contribution >= 4 is 11.7 Å². The summed E-state index contributed by atoms with van der Waals surface area (Å²) in [5, 5.41) is 2.87. The smallest absolute Gasteiger partial charge is 0.252 e. The number of Topliss-reactive ketones (excluding diaryl/α,β-unsaturated/α-hetero) is 1. The van der Waals surface area contributed by atoms with E-state index >= 15 is 0 Å². The van der Waals surface area contributed by atoms with Gasteiger partial charge in [-0.05, 0) is 55.8 Å². The first-order chi connectivity index (χ1) is 14.8. The Morgan fingerprint density at radius 3 is 2.06 bits per heavy atom. The van der Waals surface area contributed by atoms with Crippen LogP contribution < -0.4 is 14.8 Å². The van der Waals surface area contributed by atoms with E-state index in [4.69, 9.17) is 9.47 Å². The summed E-state index contributed by atoms with van der Waals surface area (Å²) in [6.45, 7) is 3.37. The number of rotatable bonds is 7. The van der Waals surface area contributed by atoms with Gasteiger partial charge in [-0.2, -0.15) is 0 Å². The Labute approximate surface area is 180 Å². The van der Waals surface area contributed by atoms with Gasteiger partial charge in [-0.3, -0.25) is 9.59 Å². The Kier molecular flexibility index (Phi) is 6.39. The van der Waals surface area contributed by atoms with E-state index < -0.39 is 17.3 Å². The maximum atomic E-state index is 13.7. The Morgan fingerprint density at radius 1 is 0.839 bits per heavy atom. The van der Waals surface area contributed by atoms with Gasteiger partial charge in [-0.25, -0.2) is 4.39 Å². The second kappa shape index (κ2) is 9.00. The number of carbonyl (C=O) groups excluding carboxylic acids is 2.